The Morgan fingerprint density at radius 3 is 1.42 bits per heavy atom. The highest BCUT2D eigenvalue weighted by Crippen LogP contribution is 2.49. The molecular weight excluding hydrogens is 516 g/mol. The SMILES string of the molecule is CC1(C)c2ccccc2-c2cc(-c3ccc4cc(-c5ccc6c7ccccc7c7ccccc7c6c5)ccc4c3)ccc21. The molecule has 8 aromatic rings. The molecule has 0 heterocycles. The van der Waals surface area contributed by atoms with Crippen molar-refractivity contribution in [3.8, 4) is 33.4 Å². The average molecular weight is 547 g/mol. The Morgan fingerprint density at radius 1 is 0.326 bits per heavy atom. The second-order valence-corrected chi connectivity index (χ2v) is 12.6. The highest BCUT2D eigenvalue weighted by molar-refractivity contribution is 6.25. The van der Waals surface area contributed by atoms with Gasteiger partial charge in [0.1, 0.15) is 0 Å². The molecule has 202 valence electrons. The molecular formula is C43H30. The van der Waals surface area contributed by atoms with E-state index in [4.69, 9.17) is 0 Å². The summed E-state index contributed by atoms with van der Waals surface area (Å²) in [6.45, 7) is 4.68. The largest absolute Gasteiger partial charge is 0.0619 e. The number of rotatable bonds is 2. The van der Waals surface area contributed by atoms with E-state index in [-0.39, 0.29) is 5.41 Å². The number of benzene rings is 8. The van der Waals surface area contributed by atoms with Crippen LogP contribution in [0.25, 0.3) is 76.5 Å². The topological polar surface area (TPSA) is 0 Å². The van der Waals surface area contributed by atoms with Crippen molar-refractivity contribution in [3.05, 3.63) is 157 Å². The lowest BCUT2D eigenvalue weighted by atomic mass is 9.82. The molecule has 8 aromatic carbocycles. The van der Waals surface area contributed by atoms with Crippen LogP contribution in [-0.2, 0) is 5.41 Å². The predicted molar refractivity (Wildman–Crippen MR) is 185 cm³/mol. The van der Waals surface area contributed by atoms with Crippen LogP contribution in [0.2, 0.25) is 0 Å². The molecule has 0 saturated heterocycles. The fourth-order valence-corrected chi connectivity index (χ4v) is 7.59. The molecule has 0 nitrogen and oxygen atoms in total. The van der Waals surface area contributed by atoms with Crippen molar-refractivity contribution < 1.29 is 0 Å². The summed E-state index contributed by atoms with van der Waals surface area (Å²) >= 11 is 0. The summed E-state index contributed by atoms with van der Waals surface area (Å²) in [5.41, 5.74) is 10.6. The van der Waals surface area contributed by atoms with Gasteiger partial charge in [-0.1, -0.05) is 135 Å². The zero-order valence-electron chi connectivity index (χ0n) is 24.4. The molecule has 1 aliphatic carbocycles. The summed E-state index contributed by atoms with van der Waals surface area (Å²) in [4.78, 5) is 0. The Labute approximate surface area is 251 Å². The lowest BCUT2D eigenvalue weighted by Gasteiger charge is -2.21. The first-order valence-corrected chi connectivity index (χ1v) is 15.2. The molecule has 0 heteroatoms. The Balaban J connectivity index is 1.14. The van der Waals surface area contributed by atoms with Gasteiger partial charge in [-0.05, 0) is 112 Å². The van der Waals surface area contributed by atoms with Gasteiger partial charge in [-0.25, -0.2) is 0 Å². The zero-order chi connectivity index (χ0) is 28.7. The molecule has 1 aliphatic rings. The van der Waals surface area contributed by atoms with Crippen molar-refractivity contribution in [1.29, 1.82) is 0 Å². The van der Waals surface area contributed by atoms with Crippen LogP contribution in [0.4, 0.5) is 0 Å². The smallest absolute Gasteiger partial charge is 0.0158 e. The lowest BCUT2D eigenvalue weighted by molar-refractivity contribution is 0.660. The van der Waals surface area contributed by atoms with Gasteiger partial charge in [0.15, 0.2) is 0 Å². The van der Waals surface area contributed by atoms with E-state index >= 15 is 0 Å². The third-order valence-corrected chi connectivity index (χ3v) is 9.83. The van der Waals surface area contributed by atoms with Gasteiger partial charge in [0.2, 0.25) is 0 Å². The van der Waals surface area contributed by atoms with Gasteiger partial charge in [0.05, 0.1) is 0 Å². The molecule has 0 aliphatic heterocycles. The number of hydrogen-bond acceptors (Lipinski definition) is 0. The second-order valence-electron chi connectivity index (χ2n) is 12.6. The van der Waals surface area contributed by atoms with Crippen LogP contribution >= 0.6 is 0 Å². The first-order chi connectivity index (χ1) is 21.1. The first-order valence-electron chi connectivity index (χ1n) is 15.2. The monoisotopic (exact) mass is 546 g/mol. The molecule has 43 heavy (non-hydrogen) atoms. The van der Waals surface area contributed by atoms with E-state index in [1.54, 1.807) is 0 Å². The normalized spacial score (nSPS) is 13.5. The van der Waals surface area contributed by atoms with Gasteiger partial charge in [0, 0.05) is 5.41 Å². The summed E-state index contributed by atoms with van der Waals surface area (Å²) in [5, 5.41) is 10.4. The summed E-state index contributed by atoms with van der Waals surface area (Å²) in [6.07, 6.45) is 0. The van der Waals surface area contributed by atoms with Crippen molar-refractivity contribution in [3.63, 3.8) is 0 Å². The van der Waals surface area contributed by atoms with Gasteiger partial charge in [-0.2, -0.15) is 0 Å². The minimum Gasteiger partial charge on any atom is -0.0619 e. The lowest BCUT2D eigenvalue weighted by Crippen LogP contribution is -2.14. The molecule has 0 radical (unpaired) electrons. The highest BCUT2D eigenvalue weighted by Gasteiger charge is 2.35. The number of hydrogen-bond donors (Lipinski definition) is 0. The van der Waals surface area contributed by atoms with E-state index in [1.165, 1.54) is 87.6 Å². The van der Waals surface area contributed by atoms with Crippen LogP contribution in [0.1, 0.15) is 25.0 Å². The van der Waals surface area contributed by atoms with Gasteiger partial charge in [-0.15, -0.1) is 0 Å². The fraction of sp³-hybridized carbons (Fsp3) is 0.0698. The van der Waals surface area contributed by atoms with Crippen molar-refractivity contribution in [2.75, 3.05) is 0 Å². The van der Waals surface area contributed by atoms with Crippen molar-refractivity contribution in [2.45, 2.75) is 19.3 Å². The third kappa shape index (κ3) is 3.57. The predicted octanol–water partition coefficient (Wildman–Crippen LogP) is 11.9. The summed E-state index contributed by atoms with van der Waals surface area (Å²) in [6, 6.07) is 54.2. The van der Waals surface area contributed by atoms with Crippen LogP contribution in [0.3, 0.4) is 0 Å². The van der Waals surface area contributed by atoms with Crippen LogP contribution in [0, 0.1) is 0 Å². The Morgan fingerprint density at radius 2 is 0.767 bits per heavy atom. The molecule has 0 bridgehead atoms. The Hall–Kier alpha value is -5.20. The Kier molecular flexibility index (Phi) is 5.05. The minimum atomic E-state index is 0.0341. The second kappa shape index (κ2) is 8.90. The van der Waals surface area contributed by atoms with Crippen molar-refractivity contribution >= 4 is 43.1 Å². The maximum atomic E-state index is 2.39. The van der Waals surface area contributed by atoms with Crippen LogP contribution in [0.5, 0.6) is 0 Å². The maximum Gasteiger partial charge on any atom is 0.0158 e. The van der Waals surface area contributed by atoms with Crippen LogP contribution in [0.15, 0.2) is 146 Å². The zero-order valence-corrected chi connectivity index (χ0v) is 24.4. The van der Waals surface area contributed by atoms with E-state index in [0.717, 1.165) is 0 Å². The minimum absolute atomic E-state index is 0.0341. The van der Waals surface area contributed by atoms with Crippen molar-refractivity contribution in [2.24, 2.45) is 0 Å². The Bertz CT molecular complexity index is 2390. The van der Waals surface area contributed by atoms with Gasteiger partial charge < -0.3 is 0 Å². The summed E-state index contributed by atoms with van der Waals surface area (Å²) in [5.74, 6) is 0. The first kappa shape index (κ1) is 24.4. The van der Waals surface area contributed by atoms with E-state index in [0.29, 0.717) is 0 Å². The van der Waals surface area contributed by atoms with Crippen LogP contribution < -0.4 is 0 Å². The molecule has 0 atom stereocenters. The molecule has 0 spiro atoms. The van der Waals surface area contributed by atoms with E-state index in [1.807, 2.05) is 0 Å². The van der Waals surface area contributed by atoms with E-state index in [2.05, 4.69) is 159 Å². The number of fused-ring (bicyclic) bond motifs is 10. The van der Waals surface area contributed by atoms with Gasteiger partial charge >= 0.3 is 0 Å². The third-order valence-electron chi connectivity index (χ3n) is 9.83. The molecule has 0 saturated carbocycles. The van der Waals surface area contributed by atoms with E-state index in [9.17, 15) is 0 Å². The van der Waals surface area contributed by atoms with Crippen molar-refractivity contribution in [1.82, 2.24) is 0 Å². The molecule has 0 amide bonds. The molecule has 0 aromatic heterocycles. The highest BCUT2D eigenvalue weighted by atomic mass is 14.4. The molecule has 0 N–H and O–H groups in total. The summed E-state index contributed by atoms with van der Waals surface area (Å²) in [7, 11) is 0. The summed E-state index contributed by atoms with van der Waals surface area (Å²) < 4.78 is 0. The fourth-order valence-electron chi connectivity index (χ4n) is 7.59. The van der Waals surface area contributed by atoms with Gasteiger partial charge in [0.25, 0.3) is 0 Å². The van der Waals surface area contributed by atoms with Crippen LogP contribution in [-0.4, -0.2) is 0 Å². The van der Waals surface area contributed by atoms with Gasteiger partial charge in [-0.3, -0.25) is 0 Å². The average Bonchev–Trinajstić information content (AvgIpc) is 3.30. The quantitative estimate of drug-likeness (QED) is 0.189. The molecule has 0 unspecified atom stereocenters. The standard InChI is InChI=1S/C43H30/c1-43(2)41-14-8-7-13-38(41)40-26-32(20-22-42(40)43)30-18-16-27-23-29(17-15-28(27)24-30)31-19-21-37-35-11-4-3-9-33(35)34-10-5-6-12-36(34)39(37)25-31/h3-26H,1-2H3. The molecule has 0 fully saturated rings. The maximum absolute atomic E-state index is 2.39. The molecule has 9 rings (SSSR count). The van der Waals surface area contributed by atoms with E-state index < -0.39 is 0 Å².